The fourth-order valence-corrected chi connectivity index (χ4v) is 3.54. The fourth-order valence-electron chi connectivity index (χ4n) is 3.02. The van der Waals surface area contributed by atoms with Crippen molar-refractivity contribution in [3.8, 4) is 22.8 Å². The molecular weight excluding hydrogens is 493 g/mol. The Hall–Kier alpha value is -3.60. The van der Waals surface area contributed by atoms with E-state index in [1.54, 1.807) is 24.3 Å². The zero-order chi connectivity index (χ0) is 23.0. The van der Waals surface area contributed by atoms with E-state index in [2.05, 4.69) is 31.3 Å². The molecule has 0 aliphatic rings. The van der Waals surface area contributed by atoms with E-state index >= 15 is 0 Å². The number of amides is 1. The van der Waals surface area contributed by atoms with Crippen LogP contribution in [0.2, 0.25) is 0 Å². The van der Waals surface area contributed by atoms with Crippen LogP contribution in [0, 0.1) is 0 Å². The van der Waals surface area contributed by atoms with Crippen LogP contribution in [0.1, 0.15) is 16.2 Å². The van der Waals surface area contributed by atoms with Crippen LogP contribution in [-0.2, 0) is 6.18 Å². The van der Waals surface area contributed by atoms with Crippen molar-refractivity contribution in [1.29, 1.82) is 0 Å². The third-order valence-corrected chi connectivity index (χ3v) is 5.26. The minimum absolute atomic E-state index is 0.00369. The van der Waals surface area contributed by atoms with E-state index in [-0.39, 0.29) is 32.9 Å². The maximum atomic E-state index is 13.8. The zero-order valence-corrected chi connectivity index (χ0v) is 17.9. The minimum atomic E-state index is -4.76. The summed E-state index contributed by atoms with van der Waals surface area (Å²) in [7, 11) is 1.48. The van der Waals surface area contributed by atoms with Crippen LogP contribution in [0.4, 0.5) is 18.9 Å². The molecule has 4 rings (SSSR count). The third-order valence-electron chi connectivity index (χ3n) is 4.53. The molecule has 11 heteroatoms. The summed E-state index contributed by atoms with van der Waals surface area (Å²) in [6.07, 6.45) is -4.76. The van der Waals surface area contributed by atoms with Crippen LogP contribution in [0.3, 0.4) is 0 Å². The number of aromatic nitrogens is 3. The van der Waals surface area contributed by atoms with Gasteiger partial charge in [0.15, 0.2) is 17.0 Å². The predicted molar refractivity (Wildman–Crippen MR) is 114 cm³/mol. The number of rotatable bonds is 4. The third kappa shape index (κ3) is 4.11. The first-order valence-electron chi connectivity index (χ1n) is 9.08. The Labute approximate surface area is 187 Å². The molecule has 0 unspecified atom stereocenters. The largest absolute Gasteiger partial charge is 0.508 e. The van der Waals surface area contributed by atoms with Crippen molar-refractivity contribution in [3.05, 3.63) is 70.5 Å². The summed E-state index contributed by atoms with van der Waals surface area (Å²) in [4.78, 5) is 17.0. The summed E-state index contributed by atoms with van der Waals surface area (Å²) in [5, 5.41) is 15.9. The highest BCUT2D eigenvalue weighted by Gasteiger charge is 2.36. The van der Waals surface area contributed by atoms with Crippen molar-refractivity contribution in [1.82, 2.24) is 14.6 Å². The van der Waals surface area contributed by atoms with Gasteiger partial charge in [-0.2, -0.15) is 18.3 Å². The number of halogens is 4. The van der Waals surface area contributed by atoms with Gasteiger partial charge in [-0.05, 0) is 58.4 Å². The van der Waals surface area contributed by atoms with Crippen molar-refractivity contribution in [3.63, 3.8) is 0 Å². The number of nitrogens with zero attached hydrogens (tertiary/aromatic N) is 3. The molecule has 2 aromatic heterocycles. The van der Waals surface area contributed by atoms with Crippen molar-refractivity contribution in [2.24, 2.45) is 0 Å². The number of hydrogen-bond donors (Lipinski definition) is 2. The predicted octanol–water partition coefficient (Wildman–Crippen LogP) is 5.14. The number of nitrogens with one attached hydrogen (secondary N) is 1. The number of carbonyl (C=O) groups excluding carboxylic acids is 1. The number of methoxy groups -OCH3 is 1. The Morgan fingerprint density at radius 1 is 1.16 bits per heavy atom. The molecule has 0 saturated carbocycles. The second-order valence-electron chi connectivity index (χ2n) is 6.66. The molecular formula is C21H14BrF3N4O3. The summed E-state index contributed by atoms with van der Waals surface area (Å²) < 4.78 is 47.1. The molecule has 0 fully saturated rings. The first-order chi connectivity index (χ1) is 15.2. The lowest BCUT2D eigenvalue weighted by atomic mass is 10.1. The lowest BCUT2D eigenvalue weighted by Gasteiger charge is -2.11. The minimum Gasteiger partial charge on any atom is -0.508 e. The molecule has 0 aliphatic carbocycles. The average molecular weight is 507 g/mol. The summed E-state index contributed by atoms with van der Waals surface area (Å²) in [6.45, 7) is 0. The van der Waals surface area contributed by atoms with Gasteiger partial charge in [-0.1, -0.05) is 6.07 Å². The zero-order valence-electron chi connectivity index (χ0n) is 16.3. The quantitative estimate of drug-likeness (QED) is 0.399. The standard InChI is InChI=1S/C21H14BrF3N4O3/c1-32-14-7-5-11(6-8-14)15-10-16(21(23,24)25)29-19(27-15)17(22)18(28-29)20(31)26-12-3-2-4-13(30)9-12/h2-10,30H,1H3,(H,26,31). The van der Waals surface area contributed by atoms with Crippen LogP contribution >= 0.6 is 15.9 Å². The molecule has 164 valence electrons. The summed E-state index contributed by atoms with van der Waals surface area (Å²) in [5.41, 5.74) is -0.831. The van der Waals surface area contributed by atoms with Crippen molar-refractivity contribution in [2.45, 2.75) is 6.18 Å². The van der Waals surface area contributed by atoms with Gasteiger partial charge in [0.05, 0.1) is 17.3 Å². The molecule has 0 aliphatic heterocycles. The van der Waals surface area contributed by atoms with Crippen LogP contribution in [-0.4, -0.2) is 32.7 Å². The van der Waals surface area contributed by atoms with Crippen LogP contribution in [0.5, 0.6) is 11.5 Å². The highest BCUT2D eigenvalue weighted by molar-refractivity contribution is 9.10. The van der Waals surface area contributed by atoms with Gasteiger partial charge in [0.2, 0.25) is 0 Å². The Morgan fingerprint density at radius 2 is 1.88 bits per heavy atom. The number of carbonyl (C=O) groups is 1. The molecule has 0 bridgehead atoms. The van der Waals surface area contributed by atoms with E-state index in [9.17, 15) is 23.1 Å². The molecule has 4 aromatic rings. The van der Waals surface area contributed by atoms with Crippen molar-refractivity contribution >= 4 is 33.2 Å². The number of fused-ring (bicyclic) bond motifs is 1. The van der Waals surface area contributed by atoms with Gasteiger partial charge in [0.25, 0.3) is 5.91 Å². The average Bonchev–Trinajstić information content (AvgIpc) is 3.09. The second-order valence-corrected chi connectivity index (χ2v) is 7.45. The normalized spacial score (nSPS) is 11.5. The Morgan fingerprint density at radius 3 is 2.50 bits per heavy atom. The van der Waals surface area contributed by atoms with Crippen molar-refractivity contribution in [2.75, 3.05) is 12.4 Å². The molecule has 32 heavy (non-hydrogen) atoms. The number of anilines is 1. The fraction of sp³-hybridized carbons (Fsp3) is 0.0952. The highest BCUT2D eigenvalue weighted by Crippen LogP contribution is 2.35. The molecule has 2 heterocycles. The van der Waals surface area contributed by atoms with Crippen molar-refractivity contribution < 1.29 is 27.8 Å². The Bertz CT molecular complexity index is 1320. The number of hydrogen-bond acceptors (Lipinski definition) is 5. The number of phenolic OH excluding ortho intramolecular Hbond substituents is 1. The monoisotopic (exact) mass is 506 g/mol. The summed E-state index contributed by atoms with van der Waals surface area (Å²) in [5.74, 6) is -0.309. The molecule has 0 radical (unpaired) electrons. The maximum absolute atomic E-state index is 13.8. The molecule has 0 saturated heterocycles. The van der Waals surface area contributed by atoms with Gasteiger partial charge in [0, 0.05) is 17.3 Å². The SMILES string of the molecule is COc1ccc(-c2cc(C(F)(F)F)n3nc(C(=O)Nc4cccc(O)c4)c(Br)c3n2)cc1. The molecule has 2 N–H and O–H groups in total. The van der Waals surface area contributed by atoms with E-state index < -0.39 is 17.8 Å². The Balaban J connectivity index is 1.83. The highest BCUT2D eigenvalue weighted by atomic mass is 79.9. The lowest BCUT2D eigenvalue weighted by molar-refractivity contribution is -0.142. The van der Waals surface area contributed by atoms with E-state index in [0.29, 0.717) is 15.8 Å². The van der Waals surface area contributed by atoms with Crippen LogP contribution < -0.4 is 10.1 Å². The van der Waals surface area contributed by atoms with Crippen LogP contribution in [0.25, 0.3) is 16.9 Å². The topological polar surface area (TPSA) is 88.8 Å². The number of ether oxygens (including phenoxy) is 1. The van der Waals surface area contributed by atoms with Gasteiger partial charge in [-0.15, -0.1) is 0 Å². The van der Waals surface area contributed by atoms with Gasteiger partial charge >= 0.3 is 6.18 Å². The second kappa shape index (κ2) is 8.15. The van der Waals surface area contributed by atoms with E-state index in [0.717, 1.165) is 6.07 Å². The molecule has 0 atom stereocenters. The first-order valence-corrected chi connectivity index (χ1v) is 9.88. The van der Waals surface area contributed by atoms with Gasteiger partial charge in [0.1, 0.15) is 11.5 Å². The number of aromatic hydroxyl groups is 1. The molecule has 0 spiro atoms. The summed E-state index contributed by atoms with van der Waals surface area (Å²) >= 11 is 3.17. The first kappa shape index (κ1) is 21.6. The lowest BCUT2D eigenvalue weighted by Crippen LogP contribution is -2.15. The van der Waals surface area contributed by atoms with Gasteiger partial charge < -0.3 is 15.2 Å². The van der Waals surface area contributed by atoms with Crippen LogP contribution in [0.15, 0.2) is 59.1 Å². The smallest absolute Gasteiger partial charge is 0.433 e. The maximum Gasteiger partial charge on any atom is 0.433 e. The number of benzene rings is 2. The van der Waals surface area contributed by atoms with E-state index in [1.807, 2.05) is 0 Å². The Kier molecular flexibility index (Phi) is 5.51. The number of alkyl halides is 3. The number of phenols is 1. The molecule has 7 nitrogen and oxygen atoms in total. The molecule has 2 aromatic carbocycles. The summed E-state index contributed by atoms with van der Waals surface area (Å²) in [6, 6.07) is 13.0. The van der Waals surface area contributed by atoms with Gasteiger partial charge in [-0.3, -0.25) is 4.79 Å². The van der Waals surface area contributed by atoms with E-state index in [1.165, 1.54) is 31.4 Å². The van der Waals surface area contributed by atoms with E-state index in [4.69, 9.17) is 4.74 Å². The van der Waals surface area contributed by atoms with Gasteiger partial charge in [-0.25, -0.2) is 9.50 Å². The molecule has 1 amide bonds.